The van der Waals surface area contributed by atoms with Gasteiger partial charge in [-0.05, 0) is 18.3 Å². The van der Waals surface area contributed by atoms with Crippen molar-refractivity contribution in [3.05, 3.63) is 35.4 Å². The van der Waals surface area contributed by atoms with Gasteiger partial charge in [0.25, 0.3) is 0 Å². The second kappa shape index (κ2) is 2.75. The minimum absolute atomic E-state index is 0.0962. The van der Waals surface area contributed by atoms with Gasteiger partial charge >= 0.3 is 0 Å². The summed E-state index contributed by atoms with van der Waals surface area (Å²) in [7, 11) is 0. The predicted molar refractivity (Wildman–Crippen MR) is 62.3 cm³/mol. The summed E-state index contributed by atoms with van der Waals surface area (Å²) in [6.07, 6.45) is 1.56. The van der Waals surface area contributed by atoms with Gasteiger partial charge in [0.1, 0.15) is 0 Å². The average Bonchev–Trinajstić information content (AvgIpc) is 3.02. The van der Waals surface area contributed by atoms with Gasteiger partial charge in [-0.1, -0.05) is 24.3 Å². The number of carbonyl (C=O) groups is 2. The van der Waals surface area contributed by atoms with Crippen molar-refractivity contribution in [2.24, 2.45) is 23.7 Å². The Morgan fingerprint density at radius 3 is 1.89 bits per heavy atom. The van der Waals surface area contributed by atoms with Crippen LogP contribution in [0.5, 0.6) is 0 Å². The van der Waals surface area contributed by atoms with E-state index < -0.39 is 0 Å². The molecule has 1 heterocycles. The third kappa shape index (κ3) is 0.861. The molecule has 6 atom stereocenters. The van der Waals surface area contributed by atoms with Crippen LogP contribution in [0.4, 0.5) is 0 Å². The van der Waals surface area contributed by atoms with Gasteiger partial charge in [-0.15, -0.1) is 0 Å². The summed E-state index contributed by atoms with van der Waals surface area (Å²) in [4.78, 5) is 25.2. The number of fused-ring (bicyclic) bond motifs is 9. The Hall–Kier alpha value is -1.48. The molecule has 5 rings (SSSR count). The number of hydrogen-bond donors (Lipinski definition) is 0. The second-order valence-corrected chi connectivity index (χ2v) is 5.95. The van der Waals surface area contributed by atoms with E-state index in [1.165, 1.54) is 0 Å². The molecule has 0 N–H and O–H groups in total. The minimum atomic E-state index is -0.0962. The lowest BCUT2D eigenvalue weighted by molar-refractivity contribution is 0.0682. The van der Waals surface area contributed by atoms with Crippen molar-refractivity contribution in [1.29, 1.82) is 0 Å². The standard InChI is InChI=1S/C15H12O3/c16-12-6-3-1-2-4-7(6)13(17)11-9-5-8(10(11)12)14-15(9)18-14/h1-4,8-11,14-15H,5H2/t8-,9+,10-,11+,14-,15+. The maximum atomic E-state index is 12.6. The number of benzene rings is 1. The van der Waals surface area contributed by atoms with E-state index in [9.17, 15) is 9.59 Å². The molecule has 90 valence electrons. The van der Waals surface area contributed by atoms with Crippen LogP contribution in [0.2, 0.25) is 0 Å². The van der Waals surface area contributed by atoms with Crippen LogP contribution in [0.1, 0.15) is 27.1 Å². The van der Waals surface area contributed by atoms with Gasteiger partial charge in [0, 0.05) is 23.0 Å². The summed E-state index contributed by atoms with van der Waals surface area (Å²) < 4.78 is 5.62. The maximum Gasteiger partial charge on any atom is 0.167 e. The van der Waals surface area contributed by atoms with Gasteiger partial charge in [0.2, 0.25) is 0 Å². The van der Waals surface area contributed by atoms with Crippen LogP contribution in [0, 0.1) is 23.7 Å². The van der Waals surface area contributed by atoms with E-state index in [0.717, 1.165) is 6.42 Å². The smallest absolute Gasteiger partial charge is 0.167 e. The normalized spacial score (nSPS) is 46.7. The highest BCUT2D eigenvalue weighted by atomic mass is 16.6. The van der Waals surface area contributed by atoms with Crippen molar-refractivity contribution in [3.63, 3.8) is 0 Å². The van der Waals surface area contributed by atoms with E-state index in [1.54, 1.807) is 12.1 Å². The van der Waals surface area contributed by atoms with Crippen molar-refractivity contribution in [3.8, 4) is 0 Å². The first-order chi connectivity index (χ1) is 8.77. The number of ketones is 2. The first-order valence-corrected chi connectivity index (χ1v) is 6.60. The van der Waals surface area contributed by atoms with Gasteiger partial charge in [-0.2, -0.15) is 0 Å². The SMILES string of the molecule is O=C1c2ccccc2C(=O)[C@H]2[C@@H]3C[C@@H]([C@H]4O[C@@H]34)[C@@H]12. The quantitative estimate of drug-likeness (QED) is 0.649. The molecule has 3 fully saturated rings. The molecule has 0 amide bonds. The van der Waals surface area contributed by atoms with Crippen molar-refractivity contribution in [2.75, 3.05) is 0 Å². The second-order valence-electron chi connectivity index (χ2n) is 5.95. The maximum absolute atomic E-state index is 12.6. The minimum Gasteiger partial charge on any atom is -0.369 e. The summed E-state index contributed by atoms with van der Waals surface area (Å²) in [6.45, 7) is 0. The van der Waals surface area contributed by atoms with Gasteiger partial charge in [0.15, 0.2) is 11.6 Å². The lowest BCUT2D eigenvalue weighted by Crippen LogP contribution is -2.42. The molecule has 1 aromatic rings. The number of Topliss-reactive ketones (excluding diaryl/α,β-unsaturated/α-hetero) is 2. The Morgan fingerprint density at radius 2 is 1.39 bits per heavy atom. The topological polar surface area (TPSA) is 46.7 Å². The molecule has 0 aromatic heterocycles. The first-order valence-electron chi connectivity index (χ1n) is 6.60. The van der Waals surface area contributed by atoms with Crippen LogP contribution < -0.4 is 0 Å². The van der Waals surface area contributed by atoms with Crippen LogP contribution >= 0.6 is 0 Å². The number of ether oxygens (including phenoxy) is 1. The summed E-state index contributed by atoms with van der Waals surface area (Å²) >= 11 is 0. The number of epoxide rings is 1. The van der Waals surface area contributed by atoms with Gasteiger partial charge in [-0.3, -0.25) is 9.59 Å². The molecule has 1 saturated heterocycles. The Morgan fingerprint density at radius 1 is 0.889 bits per heavy atom. The number of rotatable bonds is 0. The van der Waals surface area contributed by atoms with E-state index in [2.05, 4.69) is 0 Å². The van der Waals surface area contributed by atoms with Crippen LogP contribution in [-0.4, -0.2) is 23.8 Å². The summed E-state index contributed by atoms with van der Waals surface area (Å²) in [5, 5.41) is 0. The molecule has 0 unspecified atom stereocenters. The highest BCUT2D eigenvalue weighted by molar-refractivity contribution is 6.16. The Labute approximate surface area is 104 Å². The summed E-state index contributed by atoms with van der Waals surface area (Å²) in [6, 6.07) is 7.27. The Balaban J connectivity index is 1.72. The fourth-order valence-electron chi connectivity index (χ4n) is 4.63. The third-order valence-electron chi connectivity index (χ3n) is 5.32. The van der Waals surface area contributed by atoms with E-state index in [4.69, 9.17) is 4.74 Å². The number of hydrogen-bond acceptors (Lipinski definition) is 3. The lowest BCUT2D eigenvalue weighted by Gasteiger charge is -2.31. The zero-order valence-electron chi connectivity index (χ0n) is 9.71. The molecule has 3 aliphatic carbocycles. The van der Waals surface area contributed by atoms with E-state index in [0.29, 0.717) is 23.0 Å². The van der Waals surface area contributed by atoms with E-state index in [1.807, 2.05) is 12.1 Å². The number of carbonyl (C=O) groups excluding carboxylic acids is 2. The van der Waals surface area contributed by atoms with Crippen molar-refractivity contribution in [1.82, 2.24) is 0 Å². The van der Waals surface area contributed by atoms with E-state index >= 15 is 0 Å². The molecule has 3 nitrogen and oxygen atoms in total. The molecule has 4 aliphatic rings. The largest absolute Gasteiger partial charge is 0.369 e. The highest BCUT2D eigenvalue weighted by Gasteiger charge is 2.71. The van der Waals surface area contributed by atoms with Crippen LogP contribution in [0.25, 0.3) is 0 Å². The lowest BCUT2D eigenvalue weighted by atomic mass is 9.67. The van der Waals surface area contributed by atoms with Crippen LogP contribution in [0.3, 0.4) is 0 Å². The fraction of sp³-hybridized carbons (Fsp3) is 0.467. The van der Waals surface area contributed by atoms with Crippen molar-refractivity contribution in [2.45, 2.75) is 18.6 Å². The van der Waals surface area contributed by atoms with Crippen LogP contribution in [-0.2, 0) is 4.74 Å². The first kappa shape index (κ1) is 9.45. The van der Waals surface area contributed by atoms with E-state index in [-0.39, 0.29) is 35.6 Å². The third-order valence-corrected chi connectivity index (χ3v) is 5.32. The molecule has 0 radical (unpaired) electrons. The molecule has 1 aliphatic heterocycles. The van der Waals surface area contributed by atoms with Crippen LogP contribution in [0.15, 0.2) is 24.3 Å². The Kier molecular flexibility index (Phi) is 1.44. The molecule has 3 heteroatoms. The molecule has 1 aromatic carbocycles. The molecule has 18 heavy (non-hydrogen) atoms. The average molecular weight is 240 g/mol. The molecule has 2 bridgehead atoms. The highest BCUT2D eigenvalue weighted by Crippen LogP contribution is 2.63. The van der Waals surface area contributed by atoms with Crippen molar-refractivity contribution < 1.29 is 14.3 Å². The van der Waals surface area contributed by atoms with Gasteiger partial charge in [-0.25, -0.2) is 0 Å². The molecule has 0 spiro atoms. The zero-order valence-corrected chi connectivity index (χ0v) is 9.71. The summed E-state index contributed by atoms with van der Waals surface area (Å²) in [5.41, 5.74) is 1.27. The molecular formula is C15H12O3. The monoisotopic (exact) mass is 240 g/mol. The Bertz CT molecular complexity index is 555. The molecular weight excluding hydrogens is 228 g/mol. The van der Waals surface area contributed by atoms with Gasteiger partial charge in [0.05, 0.1) is 12.2 Å². The predicted octanol–water partition coefficient (Wildman–Crippen LogP) is 1.72. The summed E-state index contributed by atoms with van der Waals surface area (Å²) in [5.74, 6) is 0.764. The van der Waals surface area contributed by atoms with Crippen molar-refractivity contribution >= 4 is 11.6 Å². The molecule has 2 saturated carbocycles. The fourth-order valence-corrected chi connectivity index (χ4v) is 4.63. The zero-order chi connectivity index (χ0) is 12.0. The van der Waals surface area contributed by atoms with Gasteiger partial charge < -0.3 is 4.74 Å².